The molecule has 3 heterocycles. The molecule has 7 heteroatoms. The number of rotatable bonds is 6. The third-order valence-corrected chi connectivity index (χ3v) is 6.02. The number of fused-ring (bicyclic) bond motifs is 4. The minimum Gasteiger partial charge on any atom is -0.491 e. The van der Waals surface area contributed by atoms with Crippen LogP contribution in [0.5, 0.6) is 11.5 Å². The summed E-state index contributed by atoms with van der Waals surface area (Å²) in [6, 6.07) is 14.2. The van der Waals surface area contributed by atoms with E-state index in [1.54, 1.807) is 36.5 Å². The Hall–Kier alpha value is -3.87. The zero-order valence-electron chi connectivity index (χ0n) is 18.6. The maximum absolute atomic E-state index is 13.0. The Labute approximate surface area is 192 Å². The number of carbonyl (C=O) groups excluding carboxylic acids is 2. The van der Waals surface area contributed by atoms with Crippen molar-refractivity contribution in [1.82, 2.24) is 9.88 Å². The average Bonchev–Trinajstić information content (AvgIpc) is 3.06. The maximum atomic E-state index is 13.0. The number of ether oxygens (including phenoxy) is 2. The Kier molecular flexibility index (Phi) is 5.24. The highest BCUT2D eigenvalue weighted by Crippen LogP contribution is 2.39. The number of nitrogens with zero attached hydrogens (tertiary/aromatic N) is 2. The first-order chi connectivity index (χ1) is 15.9. The van der Waals surface area contributed by atoms with Gasteiger partial charge in [-0.25, -0.2) is 4.98 Å². The number of hydrogen-bond acceptors (Lipinski definition) is 6. The summed E-state index contributed by atoms with van der Waals surface area (Å²) in [4.78, 5) is 31.4. The molecule has 7 nitrogen and oxygen atoms in total. The highest BCUT2D eigenvalue weighted by molar-refractivity contribution is 6.21. The fourth-order valence-corrected chi connectivity index (χ4v) is 4.51. The average molecular weight is 444 g/mol. The van der Waals surface area contributed by atoms with E-state index in [0.29, 0.717) is 41.5 Å². The van der Waals surface area contributed by atoms with Crippen molar-refractivity contribution in [3.05, 3.63) is 71.4 Å². The molecule has 0 aliphatic carbocycles. The van der Waals surface area contributed by atoms with E-state index < -0.39 is 0 Å². The minimum absolute atomic E-state index is 0.219. The van der Waals surface area contributed by atoms with Gasteiger partial charge >= 0.3 is 0 Å². The van der Waals surface area contributed by atoms with Crippen LogP contribution in [0.25, 0.3) is 11.1 Å². The van der Waals surface area contributed by atoms with Crippen molar-refractivity contribution < 1.29 is 19.1 Å². The number of aromatic nitrogens is 1. The first-order valence-corrected chi connectivity index (χ1v) is 11.0. The normalized spacial score (nSPS) is 15.1. The van der Waals surface area contributed by atoms with Crippen LogP contribution in [0.2, 0.25) is 0 Å². The van der Waals surface area contributed by atoms with E-state index in [2.05, 4.69) is 18.8 Å². The molecular weight excluding hydrogens is 418 g/mol. The second-order valence-electron chi connectivity index (χ2n) is 8.83. The Bertz CT molecular complexity index is 1220. The molecule has 2 aliphatic rings. The summed E-state index contributed by atoms with van der Waals surface area (Å²) < 4.78 is 11.9. The molecule has 0 spiro atoms. The Morgan fingerprint density at radius 2 is 1.76 bits per heavy atom. The van der Waals surface area contributed by atoms with Crippen LogP contribution >= 0.6 is 0 Å². The lowest BCUT2D eigenvalue weighted by Gasteiger charge is -2.28. The van der Waals surface area contributed by atoms with Crippen LogP contribution in [-0.4, -0.2) is 34.3 Å². The lowest BCUT2D eigenvalue weighted by Crippen LogP contribution is -2.44. The first-order valence-electron chi connectivity index (χ1n) is 11.0. The van der Waals surface area contributed by atoms with Crippen LogP contribution in [0.1, 0.15) is 46.5 Å². The van der Waals surface area contributed by atoms with E-state index in [1.807, 2.05) is 18.2 Å². The predicted octanol–water partition coefficient (Wildman–Crippen LogP) is 4.31. The van der Waals surface area contributed by atoms with Gasteiger partial charge in [0.2, 0.25) is 0 Å². The van der Waals surface area contributed by atoms with Crippen LogP contribution in [0.3, 0.4) is 0 Å². The van der Waals surface area contributed by atoms with Crippen LogP contribution in [0.15, 0.2) is 54.7 Å². The van der Waals surface area contributed by atoms with Gasteiger partial charge in [-0.05, 0) is 48.2 Å². The van der Waals surface area contributed by atoms with E-state index in [9.17, 15) is 9.59 Å². The number of hydrogen-bond donors (Lipinski definition) is 1. The van der Waals surface area contributed by atoms with Crippen LogP contribution in [0, 0.1) is 5.92 Å². The molecule has 168 valence electrons. The fourth-order valence-electron chi connectivity index (χ4n) is 4.51. The predicted molar refractivity (Wildman–Crippen MR) is 124 cm³/mol. The van der Waals surface area contributed by atoms with Gasteiger partial charge in [-0.15, -0.1) is 0 Å². The van der Waals surface area contributed by atoms with E-state index >= 15 is 0 Å². The Morgan fingerprint density at radius 3 is 2.45 bits per heavy atom. The summed E-state index contributed by atoms with van der Waals surface area (Å²) in [5, 5.41) is 0. The maximum Gasteiger partial charge on any atom is 0.261 e. The van der Waals surface area contributed by atoms with Crippen molar-refractivity contribution in [2.75, 3.05) is 12.3 Å². The SMILES string of the molecule is CC(C)C[C@@H](COc1ccc2c(c1)COc1cnc(N)cc1-2)N1C(=O)c2ccccc2C1=O. The third-order valence-electron chi connectivity index (χ3n) is 6.02. The van der Waals surface area contributed by atoms with Crippen LogP contribution in [0.4, 0.5) is 5.82 Å². The number of anilines is 1. The number of carbonyl (C=O) groups is 2. The number of imide groups is 1. The van der Waals surface area contributed by atoms with Gasteiger partial charge in [0, 0.05) is 11.1 Å². The molecule has 3 aromatic rings. The second-order valence-corrected chi connectivity index (χ2v) is 8.83. The molecule has 2 N–H and O–H groups in total. The van der Waals surface area contributed by atoms with Gasteiger partial charge in [-0.3, -0.25) is 14.5 Å². The molecule has 1 atom stereocenters. The van der Waals surface area contributed by atoms with Gasteiger partial charge in [0.1, 0.15) is 30.5 Å². The van der Waals surface area contributed by atoms with E-state index in [0.717, 1.165) is 16.7 Å². The van der Waals surface area contributed by atoms with Crippen molar-refractivity contribution in [3.8, 4) is 22.6 Å². The van der Waals surface area contributed by atoms with Crippen molar-refractivity contribution in [2.24, 2.45) is 5.92 Å². The number of pyridine rings is 1. The van der Waals surface area contributed by atoms with Gasteiger partial charge in [0.05, 0.1) is 23.4 Å². The Morgan fingerprint density at radius 1 is 1.03 bits per heavy atom. The molecule has 0 fully saturated rings. The highest BCUT2D eigenvalue weighted by Gasteiger charge is 2.40. The molecule has 1 aromatic heterocycles. The molecular formula is C26H25N3O4. The first kappa shape index (κ1) is 21.0. The summed E-state index contributed by atoms with van der Waals surface area (Å²) in [6.45, 7) is 4.76. The van der Waals surface area contributed by atoms with Crippen molar-refractivity contribution in [2.45, 2.75) is 32.9 Å². The lowest BCUT2D eigenvalue weighted by atomic mass is 9.97. The molecule has 0 bridgehead atoms. The number of nitrogen functional groups attached to an aromatic ring is 1. The zero-order valence-corrected chi connectivity index (χ0v) is 18.6. The van der Waals surface area contributed by atoms with E-state index in [1.165, 1.54) is 4.90 Å². The van der Waals surface area contributed by atoms with Crippen LogP contribution in [-0.2, 0) is 6.61 Å². The molecule has 0 radical (unpaired) electrons. The van der Waals surface area contributed by atoms with Gasteiger partial charge in [0.15, 0.2) is 0 Å². The lowest BCUT2D eigenvalue weighted by molar-refractivity contribution is 0.0507. The largest absolute Gasteiger partial charge is 0.491 e. The Balaban J connectivity index is 1.37. The van der Waals surface area contributed by atoms with Gasteiger partial charge < -0.3 is 15.2 Å². The summed E-state index contributed by atoms with van der Waals surface area (Å²) in [7, 11) is 0. The van der Waals surface area contributed by atoms with Crippen molar-refractivity contribution >= 4 is 17.6 Å². The van der Waals surface area contributed by atoms with Gasteiger partial charge in [-0.2, -0.15) is 0 Å². The molecule has 5 rings (SSSR count). The number of benzene rings is 2. The monoisotopic (exact) mass is 443 g/mol. The number of amides is 2. The molecule has 33 heavy (non-hydrogen) atoms. The summed E-state index contributed by atoms with van der Waals surface area (Å²) in [5.41, 5.74) is 9.66. The number of nitrogens with two attached hydrogens (primary N) is 1. The fraction of sp³-hybridized carbons (Fsp3) is 0.269. The van der Waals surface area contributed by atoms with Gasteiger partial charge in [0.25, 0.3) is 11.8 Å². The summed E-state index contributed by atoms with van der Waals surface area (Å²) in [5.74, 6) is 1.57. The topological polar surface area (TPSA) is 94.8 Å². The summed E-state index contributed by atoms with van der Waals surface area (Å²) in [6.07, 6.45) is 2.29. The third kappa shape index (κ3) is 3.80. The molecule has 2 aliphatic heterocycles. The molecule has 0 unspecified atom stereocenters. The highest BCUT2D eigenvalue weighted by atomic mass is 16.5. The standard InChI is InChI=1S/C26H25N3O4/c1-15(2)9-17(29-25(30)20-5-3-4-6-21(20)26(29)31)14-32-18-7-8-19-16(10-18)13-33-23-12-28-24(27)11-22(19)23/h3-8,10-12,15,17H,9,13-14H2,1-2H3,(H2,27,28)/t17-/m0/s1. The van der Waals surface area contributed by atoms with Crippen molar-refractivity contribution in [3.63, 3.8) is 0 Å². The van der Waals surface area contributed by atoms with Crippen LogP contribution < -0.4 is 15.2 Å². The smallest absolute Gasteiger partial charge is 0.261 e. The molecule has 2 aromatic carbocycles. The van der Waals surface area contributed by atoms with Gasteiger partial charge in [-0.1, -0.05) is 32.0 Å². The summed E-state index contributed by atoms with van der Waals surface area (Å²) >= 11 is 0. The molecule has 0 saturated heterocycles. The molecule has 2 amide bonds. The molecule has 0 saturated carbocycles. The van der Waals surface area contributed by atoms with E-state index in [4.69, 9.17) is 15.2 Å². The quantitative estimate of drug-likeness (QED) is 0.571. The van der Waals surface area contributed by atoms with E-state index in [-0.39, 0.29) is 30.4 Å². The minimum atomic E-state index is -0.365. The van der Waals surface area contributed by atoms with Crippen molar-refractivity contribution in [1.29, 1.82) is 0 Å². The second kappa shape index (κ2) is 8.24. The zero-order chi connectivity index (χ0) is 23.1.